The van der Waals surface area contributed by atoms with Crippen molar-refractivity contribution in [2.24, 2.45) is 11.5 Å². The molecule has 2 aromatic rings. The highest BCUT2D eigenvalue weighted by Gasteiger charge is 2.37. The molecule has 2 aromatic carbocycles. The van der Waals surface area contributed by atoms with Crippen molar-refractivity contribution in [3.63, 3.8) is 0 Å². The number of para-hydroxylation sites is 2. The molecule has 0 aliphatic heterocycles. The van der Waals surface area contributed by atoms with Crippen LogP contribution in [0.3, 0.4) is 0 Å². The van der Waals surface area contributed by atoms with Gasteiger partial charge in [-0.15, -0.1) is 13.2 Å². The zero-order valence-electron chi connectivity index (χ0n) is 17.5. The van der Waals surface area contributed by atoms with Crippen LogP contribution in [-0.2, 0) is 12.8 Å². The molecule has 156 valence electrons. The van der Waals surface area contributed by atoms with E-state index in [0.717, 1.165) is 54.4 Å². The first kappa shape index (κ1) is 22.9. The fourth-order valence-corrected chi connectivity index (χ4v) is 5.72. The van der Waals surface area contributed by atoms with Crippen LogP contribution in [0.15, 0.2) is 73.8 Å². The van der Waals surface area contributed by atoms with Gasteiger partial charge in [0.1, 0.15) is 11.5 Å². The maximum absolute atomic E-state index is 6.61. The van der Waals surface area contributed by atoms with Crippen molar-refractivity contribution in [3.05, 3.63) is 85.0 Å². The molecule has 5 heteroatoms. The standard InChI is InChI=1S/C24H34N2O2Si/c1-4-10-20-12-6-8-14-23(20)27-29(3,19-17-22(26)16-18-25)28-24-15-9-7-13-21(24)11-5-2/h4-9,12-15,22H,1-2,10-11,16-19,25-26H2,3H3. The summed E-state index contributed by atoms with van der Waals surface area (Å²) in [4.78, 5) is 0. The minimum absolute atomic E-state index is 0.0471. The highest BCUT2D eigenvalue weighted by atomic mass is 28.4. The van der Waals surface area contributed by atoms with Gasteiger partial charge in [0.15, 0.2) is 0 Å². The Morgan fingerprint density at radius 1 is 0.897 bits per heavy atom. The topological polar surface area (TPSA) is 70.5 Å². The maximum Gasteiger partial charge on any atom is 0.457 e. The molecule has 0 saturated carbocycles. The third kappa shape index (κ3) is 7.20. The fourth-order valence-electron chi connectivity index (χ4n) is 3.25. The molecule has 0 heterocycles. The van der Waals surface area contributed by atoms with Gasteiger partial charge in [-0.05, 0) is 55.5 Å². The third-order valence-corrected chi connectivity index (χ3v) is 7.33. The molecule has 4 N–H and O–H groups in total. The molecular weight excluding hydrogens is 376 g/mol. The number of rotatable bonds is 13. The van der Waals surface area contributed by atoms with Crippen LogP contribution >= 0.6 is 0 Å². The molecule has 1 atom stereocenters. The number of allylic oxidation sites excluding steroid dienone is 2. The first-order chi connectivity index (χ1) is 14.0. The lowest BCUT2D eigenvalue weighted by Crippen LogP contribution is -2.47. The lowest BCUT2D eigenvalue weighted by molar-refractivity contribution is 0.378. The van der Waals surface area contributed by atoms with Gasteiger partial charge in [0.05, 0.1) is 0 Å². The minimum atomic E-state index is -2.63. The second-order valence-corrected chi connectivity index (χ2v) is 10.6. The summed E-state index contributed by atoms with van der Waals surface area (Å²) in [6.45, 7) is 10.4. The summed E-state index contributed by atoms with van der Waals surface area (Å²) in [5.74, 6) is 1.71. The number of benzene rings is 2. The summed E-state index contributed by atoms with van der Waals surface area (Å²) < 4.78 is 13.2. The van der Waals surface area contributed by atoms with Crippen LogP contribution in [0.25, 0.3) is 0 Å². The van der Waals surface area contributed by atoms with E-state index >= 15 is 0 Å². The number of hydrogen-bond acceptors (Lipinski definition) is 4. The molecule has 0 bridgehead atoms. The van der Waals surface area contributed by atoms with Crippen LogP contribution in [0, 0.1) is 0 Å². The van der Waals surface area contributed by atoms with Gasteiger partial charge in [0, 0.05) is 18.6 Å². The largest absolute Gasteiger partial charge is 0.512 e. The Bertz CT molecular complexity index is 738. The predicted molar refractivity (Wildman–Crippen MR) is 125 cm³/mol. The van der Waals surface area contributed by atoms with E-state index in [1.165, 1.54) is 0 Å². The Hall–Kier alpha value is -2.34. The van der Waals surface area contributed by atoms with E-state index in [1.807, 2.05) is 48.6 Å². The van der Waals surface area contributed by atoms with Crippen LogP contribution in [0.4, 0.5) is 0 Å². The molecule has 0 amide bonds. The second-order valence-electron chi connectivity index (χ2n) is 7.42. The van der Waals surface area contributed by atoms with Crippen molar-refractivity contribution in [1.29, 1.82) is 0 Å². The first-order valence-corrected chi connectivity index (χ1v) is 12.7. The minimum Gasteiger partial charge on any atom is -0.512 e. The smallest absolute Gasteiger partial charge is 0.457 e. The Morgan fingerprint density at radius 3 is 1.83 bits per heavy atom. The van der Waals surface area contributed by atoms with Gasteiger partial charge < -0.3 is 20.3 Å². The average Bonchev–Trinajstić information content (AvgIpc) is 2.70. The molecular formula is C24H34N2O2Si. The van der Waals surface area contributed by atoms with E-state index in [1.54, 1.807) is 0 Å². The molecule has 0 aliphatic rings. The van der Waals surface area contributed by atoms with E-state index in [0.29, 0.717) is 6.54 Å². The molecule has 29 heavy (non-hydrogen) atoms. The lowest BCUT2D eigenvalue weighted by atomic mass is 10.1. The van der Waals surface area contributed by atoms with E-state index in [-0.39, 0.29) is 6.04 Å². The maximum atomic E-state index is 6.61. The second kappa shape index (κ2) is 11.6. The van der Waals surface area contributed by atoms with Crippen LogP contribution in [0.1, 0.15) is 24.0 Å². The summed E-state index contributed by atoms with van der Waals surface area (Å²) in [6.07, 6.45) is 6.88. The van der Waals surface area contributed by atoms with Crippen molar-refractivity contribution in [3.8, 4) is 11.5 Å². The van der Waals surface area contributed by atoms with Crippen molar-refractivity contribution >= 4 is 8.56 Å². The SMILES string of the molecule is C=CCc1ccccc1O[Si](C)(CCC(N)CCN)Oc1ccccc1CC=C. The predicted octanol–water partition coefficient (Wildman–Crippen LogP) is 4.74. The number of nitrogens with two attached hydrogens (primary N) is 2. The Balaban J connectivity index is 2.30. The highest BCUT2D eigenvalue weighted by molar-refractivity contribution is 6.67. The first-order valence-electron chi connectivity index (χ1n) is 10.2. The summed E-state index contributed by atoms with van der Waals surface area (Å²) in [5, 5.41) is 0. The van der Waals surface area contributed by atoms with Crippen LogP contribution in [0.5, 0.6) is 11.5 Å². The van der Waals surface area contributed by atoms with Gasteiger partial charge in [-0.25, -0.2) is 0 Å². The Kier molecular flexibility index (Phi) is 9.18. The normalized spacial score (nSPS) is 12.2. The molecule has 0 radical (unpaired) electrons. The van der Waals surface area contributed by atoms with Gasteiger partial charge >= 0.3 is 8.56 Å². The summed E-state index contributed by atoms with van der Waals surface area (Å²) in [5.41, 5.74) is 14.1. The van der Waals surface area contributed by atoms with Gasteiger partial charge in [-0.2, -0.15) is 0 Å². The lowest BCUT2D eigenvalue weighted by Gasteiger charge is -2.31. The van der Waals surface area contributed by atoms with Crippen LogP contribution in [-0.4, -0.2) is 21.1 Å². The molecule has 4 nitrogen and oxygen atoms in total. The van der Waals surface area contributed by atoms with Gasteiger partial charge in [-0.1, -0.05) is 48.6 Å². The summed E-state index contributed by atoms with van der Waals surface area (Å²) in [7, 11) is -2.63. The molecule has 1 unspecified atom stereocenters. The average molecular weight is 411 g/mol. The molecule has 0 fully saturated rings. The summed E-state index contributed by atoms with van der Waals surface area (Å²) >= 11 is 0. The zero-order chi connectivity index (χ0) is 21.1. The molecule has 0 aromatic heterocycles. The van der Waals surface area contributed by atoms with E-state index in [4.69, 9.17) is 20.3 Å². The van der Waals surface area contributed by atoms with E-state index in [2.05, 4.69) is 31.8 Å². The van der Waals surface area contributed by atoms with Crippen molar-refractivity contribution in [2.45, 2.75) is 44.3 Å². The van der Waals surface area contributed by atoms with Crippen LogP contribution in [0.2, 0.25) is 12.6 Å². The molecule has 2 rings (SSSR count). The zero-order valence-corrected chi connectivity index (χ0v) is 18.5. The molecule has 0 aliphatic carbocycles. The number of hydrogen-bond donors (Lipinski definition) is 2. The highest BCUT2D eigenvalue weighted by Crippen LogP contribution is 2.29. The third-order valence-electron chi connectivity index (χ3n) is 4.83. The van der Waals surface area contributed by atoms with E-state index < -0.39 is 8.56 Å². The van der Waals surface area contributed by atoms with Crippen molar-refractivity contribution in [1.82, 2.24) is 0 Å². The molecule has 0 saturated heterocycles. The Morgan fingerprint density at radius 2 is 1.38 bits per heavy atom. The van der Waals surface area contributed by atoms with Crippen LogP contribution < -0.4 is 20.3 Å². The quantitative estimate of drug-likeness (QED) is 0.370. The van der Waals surface area contributed by atoms with Crippen molar-refractivity contribution < 1.29 is 8.85 Å². The van der Waals surface area contributed by atoms with Gasteiger partial charge in [0.2, 0.25) is 0 Å². The fraction of sp³-hybridized carbons (Fsp3) is 0.333. The van der Waals surface area contributed by atoms with E-state index in [9.17, 15) is 0 Å². The molecule has 0 spiro atoms. The van der Waals surface area contributed by atoms with Crippen molar-refractivity contribution in [2.75, 3.05) is 6.54 Å². The van der Waals surface area contributed by atoms with Gasteiger partial charge in [0.25, 0.3) is 0 Å². The monoisotopic (exact) mass is 410 g/mol. The van der Waals surface area contributed by atoms with Gasteiger partial charge in [-0.3, -0.25) is 0 Å². The summed E-state index contributed by atoms with van der Waals surface area (Å²) in [6, 6.07) is 17.0. The Labute approximate surface area is 176 Å².